The molecule has 0 radical (unpaired) electrons. The van der Waals surface area contributed by atoms with E-state index in [2.05, 4.69) is 9.47 Å². The highest BCUT2D eigenvalue weighted by atomic mass is 19.3. The maximum absolute atomic E-state index is 12.2. The van der Waals surface area contributed by atoms with Gasteiger partial charge in [-0.3, -0.25) is 0 Å². The number of rotatable bonds is 5. The van der Waals surface area contributed by atoms with E-state index in [9.17, 15) is 17.6 Å². The van der Waals surface area contributed by atoms with Gasteiger partial charge in [0.2, 0.25) is 0 Å². The Bertz CT molecular complexity index is 414. The molecule has 0 N–H and O–H groups in total. The van der Waals surface area contributed by atoms with Crippen LogP contribution in [0.3, 0.4) is 0 Å². The van der Waals surface area contributed by atoms with E-state index in [4.69, 9.17) is 0 Å². The smallest absolute Gasteiger partial charge is 0.387 e. The van der Waals surface area contributed by atoms with E-state index in [1.54, 1.807) is 6.07 Å². The number of hydrogen-bond acceptors (Lipinski definition) is 2. The zero-order valence-electron chi connectivity index (χ0n) is 10.9. The molecule has 0 aliphatic carbocycles. The fraction of sp³-hybridized carbons (Fsp3) is 0.538. The molecule has 0 saturated heterocycles. The molecule has 0 saturated carbocycles. The lowest BCUT2D eigenvalue weighted by molar-refractivity contribution is -0.0692. The van der Waals surface area contributed by atoms with Gasteiger partial charge in [-0.15, -0.1) is 0 Å². The lowest BCUT2D eigenvalue weighted by atomic mass is 9.88. The normalized spacial score (nSPS) is 12.1. The molecule has 0 bridgehead atoms. The molecule has 0 atom stereocenters. The molecule has 0 spiro atoms. The third-order valence-electron chi connectivity index (χ3n) is 2.17. The van der Waals surface area contributed by atoms with Gasteiger partial charge in [0, 0.05) is 0 Å². The second kappa shape index (κ2) is 6.12. The molecule has 6 heteroatoms. The summed E-state index contributed by atoms with van der Waals surface area (Å²) in [5, 5.41) is 0. The predicted molar refractivity (Wildman–Crippen MR) is 62.9 cm³/mol. The maximum Gasteiger partial charge on any atom is 0.387 e. The standard InChI is InChI=1S/C13H16F4O2/c1-13(2,3)7-8-4-5-9(18-11(14)15)10(6-8)19-12(16)17/h4-6,11-12H,7H2,1-3H3. The third-order valence-corrected chi connectivity index (χ3v) is 2.17. The van der Waals surface area contributed by atoms with Gasteiger partial charge in [-0.1, -0.05) is 26.8 Å². The van der Waals surface area contributed by atoms with Crippen LogP contribution in [-0.4, -0.2) is 13.2 Å². The molecule has 19 heavy (non-hydrogen) atoms. The number of ether oxygens (including phenoxy) is 2. The van der Waals surface area contributed by atoms with E-state index < -0.39 is 19.0 Å². The van der Waals surface area contributed by atoms with E-state index in [1.807, 2.05) is 20.8 Å². The SMILES string of the molecule is CC(C)(C)Cc1ccc(OC(F)F)c(OC(F)F)c1. The van der Waals surface area contributed by atoms with Gasteiger partial charge in [0.25, 0.3) is 0 Å². The topological polar surface area (TPSA) is 18.5 Å². The minimum absolute atomic E-state index is 0.0623. The fourth-order valence-corrected chi connectivity index (χ4v) is 1.66. The quantitative estimate of drug-likeness (QED) is 0.740. The number of hydrogen-bond donors (Lipinski definition) is 0. The van der Waals surface area contributed by atoms with Gasteiger partial charge in [-0.05, 0) is 29.5 Å². The van der Waals surface area contributed by atoms with Crippen molar-refractivity contribution in [1.29, 1.82) is 0 Å². The van der Waals surface area contributed by atoms with Crippen LogP contribution in [0.2, 0.25) is 0 Å². The van der Waals surface area contributed by atoms with Gasteiger partial charge in [0.15, 0.2) is 11.5 Å². The van der Waals surface area contributed by atoms with Crippen molar-refractivity contribution < 1.29 is 27.0 Å². The van der Waals surface area contributed by atoms with Crippen molar-refractivity contribution in [3.63, 3.8) is 0 Å². The molecular formula is C13H16F4O2. The van der Waals surface area contributed by atoms with E-state index in [1.165, 1.54) is 12.1 Å². The first-order valence-corrected chi connectivity index (χ1v) is 5.70. The van der Waals surface area contributed by atoms with Crippen molar-refractivity contribution >= 4 is 0 Å². The summed E-state index contributed by atoms with van der Waals surface area (Å²) in [6.45, 7) is -0.253. The van der Waals surface area contributed by atoms with Crippen LogP contribution in [0.25, 0.3) is 0 Å². The Hall–Kier alpha value is -1.46. The van der Waals surface area contributed by atoms with Gasteiger partial charge in [0.1, 0.15) is 0 Å². The van der Waals surface area contributed by atoms with Gasteiger partial charge in [-0.25, -0.2) is 0 Å². The first-order chi connectivity index (χ1) is 8.67. The summed E-state index contributed by atoms with van der Waals surface area (Å²) in [4.78, 5) is 0. The molecule has 108 valence electrons. The van der Waals surface area contributed by atoms with Crippen LogP contribution in [-0.2, 0) is 6.42 Å². The average Bonchev–Trinajstić information content (AvgIpc) is 2.18. The second-order valence-corrected chi connectivity index (χ2v) is 5.28. The Morgan fingerprint density at radius 1 is 0.947 bits per heavy atom. The Morgan fingerprint density at radius 3 is 1.95 bits per heavy atom. The summed E-state index contributed by atoms with van der Waals surface area (Å²) < 4.78 is 57.1. The second-order valence-electron chi connectivity index (χ2n) is 5.28. The molecule has 0 unspecified atom stereocenters. The molecule has 0 amide bonds. The molecule has 1 aromatic rings. The Morgan fingerprint density at radius 2 is 1.47 bits per heavy atom. The number of alkyl halides is 4. The summed E-state index contributed by atoms with van der Waals surface area (Å²) in [6.07, 6.45) is 0.599. The van der Waals surface area contributed by atoms with Crippen molar-refractivity contribution in [2.45, 2.75) is 40.4 Å². The van der Waals surface area contributed by atoms with Gasteiger partial charge < -0.3 is 9.47 Å². The van der Waals surface area contributed by atoms with Crippen molar-refractivity contribution in [1.82, 2.24) is 0 Å². The summed E-state index contributed by atoms with van der Waals surface area (Å²) in [7, 11) is 0. The fourth-order valence-electron chi connectivity index (χ4n) is 1.66. The Kier molecular flexibility index (Phi) is 5.03. The number of benzene rings is 1. The van der Waals surface area contributed by atoms with Crippen molar-refractivity contribution in [3.8, 4) is 11.5 Å². The molecular weight excluding hydrogens is 264 g/mol. The molecule has 1 aromatic carbocycles. The van der Waals surface area contributed by atoms with Crippen molar-refractivity contribution in [2.24, 2.45) is 5.41 Å². The van der Waals surface area contributed by atoms with Crippen molar-refractivity contribution in [2.75, 3.05) is 0 Å². The number of halogens is 4. The molecule has 0 aliphatic heterocycles. The molecule has 0 aliphatic rings. The monoisotopic (exact) mass is 280 g/mol. The first-order valence-electron chi connectivity index (χ1n) is 5.70. The van der Waals surface area contributed by atoms with Gasteiger partial charge >= 0.3 is 13.2 Å². The van der Waals surface area contributed by atoms with Gasteiger partial charge in [-0.2, -0.15) is 17.6 Å². The van der Waals surface area contributed by atoms with E-state index in [0.717, 1.165) is 0 Å². The van der Waals surface area contributed by atoms with Crippen LogP contribution in [0.1, 0.15) is 26.3 Å². The molecule has 2 nitrogen and oxygen atoms in total. The van der Waals surface area contributed by atoms with E-state index in [0.29, 0.717) is 12.0 Å². The van der Waals surface area contributed by atoms with Crippen LogP contribution in [0, 0.1) is 5.41 Å². The van der Waals surface area contributed by atoms with E-state index in [-0.39, 0.29) is 11.2 Å². The highest BCUT2D eigenvalue weighted by Crippen LogP contribution is 2.33. The summed E-state index contributed by atoms with van der Waals surface area (Å²) >= 11 is 0. The van der Waals surface area contributed by atoms with Gasteiger partial charge in [0.05, 0.1) is 0 Å². The maximum atomic E-state index is 12.2. The van der Waals surface area contributed by atoms with E-state index >= 15 is 0 Å². The molecule has 0 aromatic heterocycles. The highest BCUT2D eigenvalue weighted by Gasteiger charge is 2.17. The van der Waals surface area contributed by atoms with Crippen LogP contribution in [0.15, 0.2) is 18.2 Å². The highest BCUT2D eigenvalue weighted by molar-refractivity contribution is 5.43. The molecule has 0 fully saturated rings. The lowest BCUT2D eigenvalue weighted by Gasteiger charge is -2.19. The molecule has 0 heterocycles. The predicted octanol–water partition coefficient (Wildman–Crippen LogP) is 4.48. The minimum atomic E-state index is -3.09. The van der Waals surface area contributed by atoms with Crippen LogP contribution >= 0.6 is 0 Å². The summed E-state index contributed by atoms with van der Waals surface area (Å²) in [6, 6.07) is 4.07. The Labute approximate surface area is 109 Å². The third kappa shape index (κ3) is 5.81. The lowest BCUT2D eigenvalue weighted by Crippen LogP contribution is -2.11. The van der Waals surface area contributed by atoms with Crippen LogP contribution in [0.5, 0.6) is 11.5 Å². The zero-order valence-corrected chi connectivity index (χ0v) is 10.9. The first kappa shape index (κ1) is 15.6. The summed E-state index contributed by atoms with van der Waals surface area (Å²) in [5.41, 5.74) is 0.650. The Balaban J connectivity index is 3.00. The largest absolute Gasteiger partial charge is 0.431 e. The summed E-state index contributed by atoms with van der Waals surface area (Å²) in [5.74, 6) is -0.773. The van der Waals surface area contributed by atoms with Crippen LogP contribution in [0.4, 0.5) is 17.6 Å². The van der Waals surface area contributed by atoms with Crippen LogP contribution < -0.4 is 9.47 Å². The molecule has 1 rings (SSSR count). The minimum Gasteiger partial charge on any atom is -0.431 e. The zero-order chi connectivity index (χ0) is 14.6. The average molecular weight is 280 g/mol. The van der Waals surface area contributed by atoms with Crippen molar-refractivity contribution in [3.05, 3.63) is 23.8 Å².